The first kappa shape index (κ1) is 14.3. The largest absolute Gasteiger partial charge is 0.354 e. The van der Waals surface area contributed by atoms with Gasteiger partial charge in [-0.05, 0) is 19.4 Å². The van der Waals surface area contributed by atoms with Crippen LogP contribution in [0.3, 0.4) is 0 Å². The third kappa shape index (κ3) is 2.48. The van der Waals surface area contributed by atoms with Crippen LogP contribution in [-0.2, 0) is 4.79 Å². The molecule has 22 heavy (non-hydrogen) atoms. The van der Waals surface area contributed by atoms with Gasteiger partial charge in [0.2, 0.25) is 5.91 Å². The lowest BCUT2D eigenvalue weighted by atomic mass is 10.0. The molecule has 1 aliphatic rings. The third-order valence-corrected chi connectivity index (χ3v) is 4.14. The lowest BCUT2D eigenvalue weighted by Gasteiger charge is -2.43. The predicted octanol–water partition coefficient (Wildman–Crippen LogP) is 1.30. The van der Waals surface area contributed by atoms with Gasteiger partial charge in [-0.1, -0.05) is 0 Å². The van der Waals surface area contributed by atoms with Gasteiger partial charge in [0.1, 0.15) is 24.2 Å². The summed E-state index contributed by atoms with van der Waals surface area (Å²) in [6.45, 7) is 4.34. The second kappa shape index (κ2) is 6.02. The summed E-state index contributed by atoms with van der Waals surface area (Å²) in [5.41, 5.74) is 0.814. The zero-order chi connectivity index (χ0) is 15.5. The van der Waals surface area contributed by atoms with Crippen LogP contribution in [0.5, 0.6) is 0 Å². The number of nitrogens with one attached hydrogen (secondary N) is 1. The zero-order valence-corrected chi connectivity index (χ0v) is 12.5. The van der Waals surface area contributed by atoms with Crippen LogP contribution in [0.15, 0.2) is 18.6 Å². The van der Waals surface area contributed by atoms with Crippen molar-refractivity contribution in [3.63, 3.8) is 0 Å². The molecule has 0 spiro atoms. The van der Waals surface area contributed by atoms with Gasteiger partial charge in [0.05, 0.1) is 17.5 Å². The Morgan fingerprint density at radius 1 is 1.59 bits per heavy atom. The molecule has 114 valence electrons. The average Bonchev–Trinajstić information content (AvgIpc) is 2.96. The molecule has 1 fully saturated rings. The lowest BCUT2D eigenvalue weighted by molar-refractivity contribution is -0.137. The Morgan fingerprint density at radius 2 is 2.45 bits per heavy atom. The van der Waals surface area contributed by atoms with E-state index >= 15 is 0 Å². The Balaban J connectivity index is 1.77. The van der Waals surface area contributed by atoms with Gasteiger partial charge in [-0.15, -0.1) is 0 Å². The Bertz CT molecular complexity index is 718. The maximum absolute atomic E-state index is 11.9. The number of fused-ring (bicyclic) bond motifs is 1. The van der Waals surface area contributed by atoms with Crippen LogP contribution in [0.25, 0.3) is 11.0 Å². The highest BCUT2D eigenvalue weighted by molar-refractivity contribution is 5.87. The normalized spacial score (nSPS) is 17.1. The van der Waals surface area contributed by atoms with E-state index in [9.17, 15) is 4.79 Å². The van der Waals surface area contributed by atoms with Gasteiger partial charge < -0.3 is 14.8 Å². The van der Waals surface area contributed by atoms with Gasteiger partial charge in [-0.25, -0.2) is 9.97 Å². The summed E-state index contributed by atoms with van der Waals surface area (Å²) in [7, 11) is 0. The summed E-state index contributed by atoms with van der Waals surface area (Å²) in [6.07, 6.45) is 4.33. The number of hydrogen-bond acceptors (Lipinski definition) is 5. The van der Waals surface area contributed by atoms with Crippen LogP contribution < -0.4 is 4.90 Å². The number of likely N-dealkylation sites (tertiary alicyclic amines) is 1. The summed E-state index contributed by atoms with van der Waals surface area (Å²) >= 11 is 0. The number of anilines is 1. The van der Waals surface area contributed by atoms with E-state index in [1.54, 1.807) is 11.2 Å². The molecule has 3 heterocycles. The van der Waals surface area contributed by atoms with Crippen LogP contribution in [0, 0.1) is 11.3 Å². The fourth-order valence-corrected chi connectivity index (χ4v) is 2.86. The van der Waals surface area contributed by atoms with Crippen molar-refractivity contribution in [3.8, 4) is 6.07 Å². The number of carbonyl (C=O) groups excluding carboxylic acids is 1. The third-order valence-electron chi connectivity index (χ3n) is 4.14. The topological polar surface area (TPSA) is 88.9 Å². The van der Waals surface area contributed by atoms with Crippen LogP contribution in [0.4, 0.5) is 5.82 Å². The first-order valence-corrected chi connectivity index (χ1v) is 7.44. The van der Waals surface area contributed by atoms with Crippen molar-refractivity contribution in [2.75, 3.05) is 24.5 Å². The SMILES string of the molecule is CCN(C[C@H]1CCN1C(=O)CC#N)c1ncnc2[nH]ccc12. The first-order valence-electron chi connectivity index (χ1n) is 7.44. The molecule has 0 bridgehead atoms. The lowest BCUT2D eigenvalue weighted by Crippen LogP contribution is -2.56. The number of amides is 1. The fraction of sp³-hybridized carbons (Fsp3) is 0.467. The molecule has 7 nitrogen and oxygen atoms in total. The van der Waals surface area contributed by atoms with Crippen molar-refractivity contribution in [2.24, 2.45) is 0 Å². The maximum atomic E-state index is 11.9. The number of nitriles is 1. The summed E-state index contributed by atoms with van der Waals surface area (Å²) in [5, 5.41) is 9.65. The second-order valence-electron chi connectivity index (χ2n) is 5.34. The molecular formula is C15H18N6O. The highest BCUT2D eigenvalue weighted by Crippen LogP contribution is 2.25. The molecule has 0 radical (unpaired) electrons. The molecule has 0 aliphatic carbocycles. The molecule has 2 aromatic rings. The molecule has 1 N–H and O–H groups in total. The number of H-pyrrole nitrogens is 1. The molecule has 0 aromatic carbocycles. The standard InChI is InChI=1S/C15H18N6O/c1-2-20(9-11-5-8-21(11)13(22)3-6-16)15-12-4-7-17-14(12)18-10-19-15/h4,7,10-11H,2-3,5,8-9H2,1H3,(H,17,18,19)/t11-/m1/s1. The van der Waals surface area contributed by atoms with Gasteiger partial charge in [-0.3, -0.25) is 4.79 Å². The van der Waals surface area contributed by atoms with E-state index in [4.69, 9.17) is 5.26 Å². The van der Waals surface area contributed by atoms with E-state index in [1.165, 1.54) is 0 Å². The molecule has 3 rings (SSSR count). The molecule has 1 saturated heterocycles. The number of nitrogens with zero attached hydrogens (tertiary/aromatic N) is 5. The Labute approximate surface area is 128 Å². The number of likely N-dealkylation sites (N-methyl/N-ethyl adjacent to an activating group) is 1. The zero-order valence-electron chi connectivity index (χ0n) is 12.5. The maximum Gasteiger partial charge on any atom is 0.237 e. The van der Waals surface area contributed by atoms with E-state index in [-0.39, 0.29) is 18.4 Å². The van der Waals surface area contributed by atoms with E-state index in [1.807, 2.05) is 18.3 Å². The summed E-state index contributed by atoms with van der Waals surface area (Å²) in [4.78, 5) is 27.5. The van der Waals surface area contributed by atoms with Crippen molar-refractivity contribution < 1.29 is 4.79 Å². The van der Waals surface area contributed by atoms with E-state index < -0.39 is 0 Å². The molecule has 1 aliphatic heterocycles. The summed E-state index contributed by atoms with van der Waals surface area (Å²) < 4.78 is 0. The molecule has 0 unspecified atom stereocenters. The van der Waals surface area contributed by atoms with E-state index in [0.717, 1.165) is 42.9 Å². The van der Waals surface area contributed by atoms with Crippen molar-refractivity contribution in [1.29, 1.82) is 5.26 Å². The highest BCUT2D eigenvalue weighted by Gasteiger charge is 2.33. The quantitative estimate of drug-likeness (QED) is 0.898. The van der Waals surface area contributed by atoms with Gasteiger partial charge in [0, 0.05) is 25.8 Å². The highest BCUT2D eigenvalue weighted by atomic mass is 16.2. The number of aromatic amines is 1. The van der Waals surface area contributed by atoms with Gasteiger partial charge in [-0.2, -0.15) is 5.26 Å². The van der Waals surface area contributed by atoms with Crippen LogP contribution in [-0.4, -0.2) is 51.4 Å². The number of carbonyl (C=O) groups is 1. The molecule has 7 heteroatoms. The average molecular weight is 298 g/mol. The summed E-state index contributed by atoms with van der Waals surface area (Å²) in [5.74, 6) is 0.803. The number of aromatic nitrogens is 3. The Morgan fingerprint density at radius 3 is 3.14 bits per heavy atom. The smallest absolute Gasteiger partial charge is 0.237 e. The molecule has 0 saturated carbocycles. The molecule has 2 aromatic heterocycles. The van der Waals surface area contributed by atoms with Crippen LogP contribution in [0.2, 0.25) is 0 Å². The number of hydrogen-bond donors (Lipinski definition) is 1. The minimum Gasteiger partial charge on any atom is -0.354 e. The van der Waals surface area contributed by atoms with E-state index in [0.29, 0.717) is 0 Å². The Kier molecular flexibility index (Phi) is 3.92. The van der Waals surface area contributed by atoms with E-state index in [2.05, 4.69) is 26.8 Å². The van der Waals surface area contributed by atoms with Gasteiger partial charge in [0.15, 0.2) is 0 Å². The molecular weight excluding hydrogens is 280 g/mol. The fourth-order valence-electron chi connectivity index (χ4n) is 2.86. The Hall–Kier alpha value is -2.62. The minimum absolute atomic E-state index is 0.0435. The van der Waals surface area contributed by atoms with Gasteiger partial charge in [0.25, 0.3) is 0 Å². The van der Waals surface area contributed by atoms with Crippen molar-refractivity contribution in [3.05, 3.63) is 18.6 Å². The minimum atomic E-state index is -0.0794. The van der Waals surface area contributed by atoms with Crippen molar-refractivity contribution in [2.45, 2.75) is 25.8 Å². The second-order valence-corrected chi connectivity index (χ2v) is 5.34. The van der Waals surface area contributed by atoms with Crippen LogP contribution in [0.1, 0.15) is 19.8 Å². The van der Waals surface area contributed by atoms with Gasteiger partial charge >= 0.3 is 0 Å². The first-order chi connectivity index (χ1) is 10.7. The predicted molar refractivity (Wildman–Crippen MR) is 82.1 cm³/mol. The van der Waals surface area contributed by atoms with Crippen molar-refractivity contribution >= 4 is 22.8 Å². The van der Waals surface area contributed by atoms with Crippen LogP contribution >= 0.6 is 0 Å². The summed E-state index contributed by atoms with van der Waals surface area (Å²) in [6, 6.07) is 4.05. The molecule has 1 amide bonds. The monoisotopic (exact) mass is 298 g/mol. The number of rotatable bonds is 5. The molecule has 1 atom stereocenters. The van der Waals surface area contributed by atoms with Crippen molar-refractivity contribution in [1.82, 2.24) is 19.9 Å².